The van der Waals surface area contributed by atoms with Gasteiger partial charge in [-0.2, -0.15) is 0 Å². The number of likely N-dealkylation sites (N-methyl/N-ethyl adjacent to an activating group) is 1. The summed E-state index contributed by atoms with van der Waals surface area (Å²) in [5, 5.41) is 0. The second-order valence-electron chi connectivity index (χ2n) is 7.18. The summed E-state index contributed by atoms with van der Waals surface area (Å²) in [5.74, 6) is 1.86. The first-order valence-electron chi connectivity index (χ1n) is 9.18. The maximum absolute atomic E-state index is 5.52. The van der Waals surface area contributed by atoms with Crippen molar-refractivity contribution in [1.29, 1.82) is 0 Å². The molecule has 2 heterocycles. The quantitative estimate of drug-likeness (QED) is 0.849. The third-order valence-electron chi connectivity index (χ3n) is 5.61. The van der Waals surface area contributed by atoms with Gasteiger partial charge in [-0.25, -0.2) is 0 Å². The number of quaternary nitrogens is 1. The van der Waals surface area contributed by atoms with Gasteiger partial charge in [0.2, 0.25) is 0 Å². The molecule has 1 aromatic carbocycles. The van der Waals surface area contributed by atoms with Gasteiger partial charge in [0.05, 0.1) is 34.4 Å². The summed E-state index contributed by atoms with van der Waals surface area (Å²) in [6.45, 7) is 8.40. The monoisotopic (exact) mass is 334 g/mol. The van der Waals surface area contributed by atoms with Gasteiger partial charge in [-0.3, -0.25) is 9.80 Å². The normalized spacial score (nSPS) is 21.8. The lowest BCUT2D eigenvalue weighted by molar-refractivity contribution is -0.884. The van der Waals surface area contributed by atoms with Crippen LogP contribution in [0.25, 0.3) is 0 Å². The molecule has 0 aliphatic carbocycles. The van der Waals surface area contributed by atoms with Crippen LogP contribution in [-0.2, 0) is 6.54 Å². The summed E-state index contributed by atoms with van der Waals surface area (Å²) >= 11 is 0. The molecular weight excluding hydrogens is 302 g/mol. The number of ether oxygens (including phenoxy) is 2. The van der Waals surface area contributed by atoms with Crippen molar-refractivity contribution in [1.82, 2.24) is 9.80 Å². The van der Waals surface area contributed by atoms with Gasteiger partial charge in [-0.15, -0.1) is 0 Å². The molecule has 0 atom stereocenters. The van der Waals surface area contributed by atoms with Crippen molar-refractivity contribution in [3.05, 3.63) is 23.8 Å². The second-order valence-corrected chi connectivity index (χ2v) is 7.18. The Labute approximate surface area is 146 Å². The number of methoxy groups -OCH3 is 2. The first-order valence-corrected chi connectivity index (χ1v) is 9.18. The van der Waals surface area contributed by atoms with E-state index in [2.05, 4.69) is 22.9 Å². The summed E-state index contributed by atoms with van der Waals surface area (Å²) in [5.41, 5.74) is 1.22. The molecule has 0 radical (unpaired) electrons. The van der Waals surface area contributed by atoms with E-state index in [0.29, 0.717) is 0 Å². The first kappa shape index (κ1) is 17.5. The fourth-order valence-electron chi connectivity index (χ4n) is 3.96. The SMILES string of the molecule is COc1ccc(OC)c(CN2CCC(N3CC[NH+](C)CC3)CC2)c1. The van der Waals surface area contributed by atoms with Crippen LogP contribution in [0.3, 0.4) is 0 Å². The summed E-state index contributed by atoms with van der Waals surface area (Å²) in [6.07, 6.45) is 2.57. The van der Waals surface area contributed by atoms with Crippen LogP contribution in [-0.4, -0.2) is 76.4 Å². The lowest BCUT2D eigenvalue weighted by Gasteiger charge is -2.41. The highest BCUT2D eigenvalue weighted by atomic mass is 16.5. The van der Waals surface area contributed by atoms with E-state index in [9.17, 15) is 0 Å². The number of nitrogens with one attached hydrogen (secondary N) is 1. The standard InChI is InChI=1S/C19H31N3O2/c1-20-10-12-22(13-11-20)17-6-8-21(9-7-17)15-16-14-18(23-2)4-5-19(16)24-3/h4-5,14,17H,6-13,15H2,1-3H3/p+1. The summed E-state index contributed by atoms with van der Waals surface area (Å²) in [7, 11) is 5.77. The number of piperidine rings is 1. The average molecular weight is 334 g/mol. The van der Waals surface area contributed by atoms with Crippen molar-refractivity contribution >= 4 is 0 Å². The molecule has 134 valence electrons. The number of hydrogen-bond acceptors (Lipinski definition) is 4. The Morgan fingerprint density at radius 2 is 1.75 bits per heavy atom. The van der Waals surface area contributed by atoms with Gasteiger partial charge in [0.15, 0.2) is 0 Å². The molecule has 0 unspecified atom stereocenters. The minimum Gasteiger partial charge on any atom is -0.497 e. The Bertz CT molecular complexity index is 521. The third-order valence-corrected chi connectivity index (χ3v) is 5.61. The van der Waals surface area contributed by atoms with E-state index in [1.165, 1.54) is 57.7 Å². The number of hydrogen-bond donors (Lipinski definition) is 1. The number of nitrogens with zero attached hydrogens (tertiary/aromatic N) is 2. The van der Waals surface area contributed by atoms with Crippen molar-refractivity contribution in [2.24, 2.45) is 0 Å². The van der Waals surface area contributed by atoms with Crippen molar-refractivity contribution in [2.45, 2.75) is 25.4 Å². The summed E-state index contributed by atoms with van der Waals surface area (Å²) in [6, 6.07) is 6.85. The Kier molecular flexibility index (Phi) is 5.98. The van der Waals surface area contributed by atoms with Gasteiger partial charge in [-0.1, -0.05) is 0 Å². The molecule has 2 saturated heterocycles. The molecule has 2 aliphatic heterocycles. The van der Waals surface area contributed by atoms with Gasteiger partial charge >= 0.3 is 0 Å². The van der Waals surface area contributed by atoms with Gasteiger partial charge in [0.25, 0.3) is 0 Å². The third kappa shape index (κ3) is 4.21. The highest BCUT2D eigenvalue weighted by Crippen LogP contribution is 2.27. The first-order chi connectivity index (χ1) is 11.7. The van der Waals surface area contributed by atoms with E-state index in [-0.39, 0.29) is 0 Å². The number of benzene rings is 1. The molecule has 0 bridgehead atoms. The molecule has 2 fully saturated rings. The van der Waals surface area contributed by atoms with Crippen molar-refractivity contribution in [3.63, 3.8) is 0 Å². The Morgan fingerprint density at radius 1 is 1.04 bits per heavy atom. The zero-order valence-corrected chi connectivity index (χ0v) is 15.4. The predicted molar refractivity (Wildman–Crippen MR) is 96.0 cm³/mol. The molecule has 0 amide bonds. The lowest BCUT2D eigenvalue weighted by Crippen LogP contribution is -3.12. The highest BCUT2D eigenvalue weighted by Gasteiger charge is 2.28. The van der Waals surface area contributed by atoms with E-state index < -0.39 is 0 Å². The molecule has 5 heteroatoms. The van der Waals surface area contributed by atoms with E-state index in [1.807, 2.05) is 12.1 Å². The largest absolute Gasteiger partial charge is 0.497 e. The van der Waals surface area contributed by atoms with E-state index in [4.69, 9.17) is 9.47 Å². The topological polar surface area (TPSA) is 29.4 Å². The smallest absolute Gasteiger partial charge is 0.123 e. The van der Waals surface area contributed by atoms with Gasteiger partial charge in [0, 0.05) is 31.2 Å². The van der Waals surface area contributed by atoms with Crippen LogP contribution >= 0.6 is 0 Å². The number of piperazine rings is 1. The zero-order valence-electron chi connectivity index (χ0n) is 15.4. The van der Waals surface area contributed by atoms with Gasteiger partial charge < -0.3 is 14.4 Å². The van der Waals surface area contributed by atoms with Crippen LogP contribution in [0.2, 0.25) is 0 Å². The van der Waals surface area contributed by atoms with E-state index >= 15 is 0 Å². The van der Waals surface area contributed by atoms with Crippen molar-refractivity contribution in [3.8, 4) is 11.5 Å². The number of likely N-dealkylation sites (tertiary alicyclic amines) is 1. The van der Waals surface area contributed by atoms with Crippen molar-refractivity contribution < 1.29 is 14.4 Å². The van der Waals surface area contributed by atoms with Gasteiger partial charge in [-0.05, 0) is 44.1 Å². The maximum atomic E-state index is 5.52. The highest BCUT2D eigenvalue weighted by molar-refractivity contribution is 5.40. The van der Waals surface area contributed by atoms with Crippen LogP contribution in [0, 0.1) is 0 Å². The Morgan fingerprint density at radius 3 is 2.38 bits per heavy atom. The molecule has 1 aromatic rings. The summed E-state index contributed by atoms with van der Waals surface area (Å²) < 4.78 is 10.9. The predicted octanol–water partition coefficient (Wildman–Crippen LogP) is 0.499. The van der Waals surface area contributed by atoms with E-state index in [1.54, 1.807) is 19.1 Å². The second kappa shape index (κ2) is 8.19. The molecule has 0 spiro atoms. The average Bonchev–Trinajstić information content (AvgIpc) is 2.63. The van der Waals surface area contributed by atoms with Crippen LogP contribution in [0.5, 0.6) is 11.5 Å². The molecule has 3 rings (SSSR count). The van der Waals surface area contributed by atoms with E-state index in [0.717, 1.165) is 24.1 Å². The lowest BCUT2D eigenvalue weighted by atomic mass is 10.0. The van der Waals surface area contributed by atoms with Crippen molar-refractivity contribution in [2.75, 3.05) is 60.5 Å². The molecule has 1 N–H and O–H groups in total. The zero-order chi connectivity index (χ0) is 16.9. The fraction of sp³-hybridized carbons (Fsp3) is 0.684. The molecule has 0 saturated carbocycles. The van der Waals surface area contributed by atoms with Gasteiger partial charge in [0.1, 0.15) is 11.5 Å². The van der Waals surface area contributed by atoms with Crippen LogP contribution in [0.15, 0.2) is 18.2 Å². The minimum absolute atomic E-state index is 0.779. The molecule has 0 aromatic heterocycles. The molecule has 5 nitrogen and oxygen atoms in total. The number of rotatable bonds is 5. The molecule has 24 heavy (non-hydrogen) atoms. The van der Waals surface area contributed by atoms with Crippen LogP contribution in [0.1, 0.15) is 18.4 Å². The molecular formula is C19H32N3O2+. The minimum atomic E-state index is 0.779. The molecule has 2 aliphatic rings. The Hall–Kier alpha value is -1.30. The fourth-order valence-corrected chi connectivity index (χ4v) is 3.96. The maximum Gasteiger partial charge on any atom is 0.123 e. The Balaban J connectivity index is 1.54. The van der Waals surface area contributed by atoms with Crippen LogP contribution < -0.4 is 14.4 Å². The van der Waals surface area contributed by atoms with Crippen LogP contribution in [0.4, 0.5) is 0 Å². The summed E-state index contributed by atoms with van der Waals surface area (Å²) in [4.78, 5) is 6.94.